The summed E-state index contributed by atoms with van der Waals surface area (Å²) in [6, 6.07) is 0. The summed E-state index contributed by atoms with van der Waals surface area (Å²) in [5.74, 6) is 0. The standard InChI is InChI=1S/C9H18FNO.W/c1-9(2,7-12-3)11-5-4-8(10)6-11;/h8H,4-7H2,1-3H3;/t8-;/m1./s1. The van der Waals surface area contributed by atoms with E-state index in [4.69, 9.17) is 4.74 Å². The number of halogens is 1. The minimum absolute atomic E-state index is 0. The van der Waals surface area contributed by atoms with Crippen LogP contribution in [-0.2, 0) is 25.8 Å². The quantitative estimate of drug-likeness (QED) is 0.757. The predicted molar refractivity (Wildman–Crippen MR) is 47.0 cm³/mol. The Kier molecular flexibility index (Phi) is 5.65. The molecule has 0 aromatic rings. The number of ether oxygens (including phenoxy) is 1. The Morgan fingerprint density at radius 3 is 2.54 bits per heavy atom. The first-order valence-electron chi connectivity index (χ1n) is 4.44. The van der Waals surface area contributed by atoms with Crippen LogP contribution in [0.15, 0.2) is 0 Å². The summed E-state index contributed by atoms with van der Waals surface area (Å²) in [7, 11) is 1.69. The molecule has 0 N–H and O–H groups in total. The number of alkyl halides is 1. The largest absolute Gasteiger partial charge is 0.383 e. The third-order valence-corrected chi connectivity index (χ3v) is 2.48. The van der Waals surface area contributed by atoms with Crippen molar-refractivity contribution in [1.82, 2.24) is 4.90 Å². The first kappa shape index (κ1) is 13.5. The van der Waals surface area contributed by atoms with Gasteiger partial charge in [0.1, 0.15) is 6.17 Å². The molecular formula is C9H18FNOW. The fourth-order valence-corrected chi connectivity index (χ4v) is 1.71. The minimum atomic E-state index is -0.638. The van der Waals surface area contributed by atoms with Gasteiger partial charge in [0, 0.05) is 46.8 Å². The van der Waals surface area contributed by atoms with Crippen molar-refractivity contribution < 1.29 is 30.2 Å². The zero-order valence-electron chi connectivity index (χ0n) is 8.55. The molecule has 0 aromatic carbocycles. The Bertz CT molecular complexity index is 155. The molecule has 0 radical (unpaired) electrons. The van der Waals surface area contributed by atoms with E-state index in [9.17, 15) is 4.39 Å². The van der Waals surface area contributed by atoms with Crippen molar-refractivity contribution in [2.24, 2.45) is 0 Å². The Balaban J connectivity index is 0.00000144. The molecule has 1 saturated heterocycles. The van der Waals surface area contributed by atoms with Crippen LogP contribution in [0.4, 0.5) is 4.39 Å². The SMILES string of the molecule is COCC(C)(C)N1CC[C@@H](F)C1.[W]. The van der Waals surface area contributed by atoms with E-state index in [0.29, 0.717) is 19.6 Å². The summed E-state index contributed by atoms with van der Waals surface area (Å²) in [5, 5.41) is 0. The van der Waals surface area contributed by atoms with Gasteiger partial charge in [-0.25, -0.2) is 4.39 Å². The zero-order chi connectivity index (χ0) is 9.19. The van der Waals surface area contributed by atoms with Gasteiger partial charge in [0.2, 0.25) is 0 Å². The first-order chi connectivity index (χ1) is 5.56. The van der Waals surface area contributed by atoms with E-state index in [1.165, 1.54) is 0 Å². The number of hydrogen-bond acceptors (Lipinski definition) is 2. The molecule has 0 aromatic heterocycles. The fraction of sp³-hybridized carbons (Fsp3) is 1.00. The van der Waals surface area contributed by atoms with Gasteiger partial charge >= 0.3 is 0 Å². The predicted octanol–water partition coefficient (Wildman–Crippen LogP) is 1.45. The van der Waals surface area contributed by atoms with E-state index < -0.39 is 6.17 Å². The Labute approximate surface area is 94.1 Å². The van der Waals surface area contributed by atoms with Gasteiger partial charge in [-0.05, 0) is 20.3 Å². The number of rotatable bonds is 3. The molecule has 0 amide bonds. The number of likely N-dealkylation sites (tertiary alicyclic amines) is 1. The van der Waals surface area contributed by atoms with Gasteiger partial charge in [-0.3, -0.25) is 4.90 Å². The Morgan fingerprint density at radius 2 is 2.15 bits per heavy atom. The maximum absolute atomic E-state index is 12.9. The van der Waals surface area contributed by atoms with Crippen LogP contribution < -0.4 is 0 Å². The monoisotopic (exact) mass is 359 g/mol. The zero-order valence-corrected chi connectivity index (χ0v) is 11.5. The molecule has 0 unspecified atom stereocenters. The summed E-state index contributed by atoms with van der Waals surface area (Å²) < 4.78 is 18.0. The van der Waals surface area contributed by atoms with E-state index in [-0.39, 0.29) is 26.6 Å². The van der Waals surface area contributed by atoms with Gasteiger partial charge in [0.05, 0.1) is 6.61 Å². The van der Waals surface area contributed by atoms with Crippen molar-refractivity contribution in [1.29, 1.82) is 0 Å². The molecule has 1 rings (SSSR count). The fourth-order valence-electron chi connectivity index (χ4n) is 1.71. The van der Waals surface area contributed by atoms with E-state index in [2.05, 4.69) is 18.7 Å². The molecular weight excluding hydrogens is 341 g/mol. The number of nitrogens with zero attached hydrogens (tertiary/aromatic N) is 1. The molecule has 0 aliphatic carbocycles. The maximum atomic E-state index is 12.9. The van der Waals surface area contributed by atoms with Gasteiger partial charge in [-0.15, -0.1) is 0 Å². The molecule has 0 bridgehead atoms. The Hall–Kier alpha value is 0.538. The second-order valence-electron chi connectivity index (χ2n) is 4.08. The summed E-state index contributed by atoms with van der Waals surface area (Å²) in [6.07, 6.45) is 0.0359. The maximum Gasteiger partial charge on any atom is 0.114 e. The molecule has 2 nitrogen and oxygen atoms in total. The van der Waals surface area contributed by atoms with Crippen molar-refractivity contribution in [2.75, 3.05) is 26.8 Å². The average Bonchev–Trinajstić information content (AvgIpc) is 2.36. The second-order valence-corrected chi connectivity index (χ2v) is 4.08. The molecule has 0 spiro atoms. The van der Waals surface area contributed by atoms with Crippen LogP contribution >= 0.6 is 0 Å². The Morgan fingerprint density at radius 1 is 1.54 bits per heavy atom. The topological polar surface area (TPSA) is 12.5 Å². The van der Waals surface area contributed by atoms with Crippen molar-refractivity contribution in [3.05, 3.63) is 0 Å². The third-order valence-electron chi connectivity index (χ3n) is 2.48. The van der Waals surface area contributed by atoms with Crippen molar-refractivity contribution in [3.8, 4) is 0 Å². The van der Waals surface area contributed by atoms with E-state index >= 15 is 0 Å². The summed E-state index contributed by atoms with van der Waals surface area (Å²) in [5.41, 5.74) is -0.0183. The van der Waals surface area contributed by atoms with Crippen molar-refractivity contribution >= 4 is 0 Å². The summed E-state index contributed by atoms with van der Waals surface area (Å²) in [6.45, 7) is 6.27. The average molecular weight is 359 g/mol. The van der Waals surface area contributed by atoms with E-state index in [1.807, 2.05) is 0 Å². The summed E-state index contributed by atoms with van der Waals surface area (Å²) >= 11 is 0. The molecule has 1 aliphatic rings. The van der Waals surface area contributed by atoms with Gasteiger partial charge in [0.15, 0.2) is 0 Å². The van der Waals surface area contributed by atoms with Crippen LogP contribution in [0.2, 0.25) is 0 Å². The van der Waals surface area contributed by atoms with Crippen molar-refractivity contribution in [3.63, 3.8) is 0 Å². The number of hydrogen-bond donors (Lipinski definition) is 0. The summed E-state index contributed by atoms with van der Waals surface area (Å²) in [4.78, 5) is 2.15. The molecule has 4 heteroatoms. The van der Waals surface area contributed by atoms with Gasteiger partial charge in [-0.2, -0.15) is 0 Å². The van der Waals surface area contributed by atoms with Crippen LogP contribution in [0.5, 0.6) is 0 Å². The molecule has 1 atom stereocenters. The molecule has 1 fully saturated rings. The van der Waals surface area contributed by atoms with E-state index in [0.717, 1.165) is 6.54 Å². The third kappa shape index (κ3) is 3.65. The normalized spacial score (nSPS) is 24.5. The smallest absolute Gasteiger partial charge is 0.114 e. The van der Waals surface area contributed by atoms with Crippen LogP contribution in [-0.4, -0.2) is 43.4 Å². The second kappa shape index (κ2) is 5.43. The molecule has 78 valence electrons. The van der Waals surface area contributed by atoms with Crippen LogP contribution in [0.1, 0.15) is 20.3 Å². The van der Waals surface area contributed by atoms with E-state index in [1.54, 1.807) is 7.11 Å². The van der Waals surface area contributed by atoms with Gasteiger partial charge in [0.25, 0.3) is 0 Å². The molecule has 13 heavy (non-hydrogen) atoms. The molecule has 0 saturated carbocycles. The first-order valence-corrected chi connectivity index (χ1v) is 4.44. The van der Waals surface area contributed by atoms with Crippen LogP contribution in [0.25, 0.3) is 0 Å². The number of methoxy groups -OCH3 is 1. The van der Waals surface area contributed by atoms with Gasteiger partial charge < -0.3 is 4.74 Å². The van der Waals surface area contributed by atoms with Crippen LogP contribution in [0, 0.1) is 0 Å². The van der Waals surface area contributed by atoms with Crippen molar-refractivity contribution in [2.45, 2.75) is 32.0 Å². The molecule has 1 heterocycles. The minimum Gasteiger partial charge on any atom is -0.383 e. The van der Waals surface area contributed by atoms with Gasteiger partial charge in [-0.1, -0.05) is 0 Å². The molecule has 1 aliphatic heterocycles. The van der Waals surface area contributed by atoms with Crippen LogP contribution in [0.3, 0.4) is 0 Å².